The Morgan fingerprint density at radius 1 is 0.952 bits per heavy atom. The van der Waals surface area contributed by atoms with Crippen LogP contribution in [0.2, 0.25) is 0 Å². The van der Waals surface area contributed by atoms with Crippen LogP contribution in [0.1, 0.15) is 40.8 Å². The third kappa shape index (κ3) is 3.30. The topological polar surface area (TPSA) is 12.0 Å². The number of hydrogen-bond acceptors (Lipinski definition) is 1. The Morgan fingerprint density at radius 2 is 1.67 bits per heavy atom. The highest BCUT2D eigenvalue weighted by Crippen LogP contribution is 2.30. The Balaban J connectivity index is 2.61. The molecule has 0 saturated carbocycles. The molecule has 0 aliphatic carbocycles. The van der Waals surface area contributed by atoms with E-state index in [0.717, 1.165) is 16.7 Å². The minimum Gasteiger partial charge on any atom is -0.306 e. The summed E-state index contributed by atoms with van der Waals surface area (Å²) in [5.41, 5.74) is 3.67. The molecule has 0 heterocycles. The summed E-state index contributed by atoms with van der Waals surface area (Å²) in [7, 11) is 0. The first kappa shape index (κ1) is 15.6. The summed E-state index contributed by atoms with van der Waals surface area (Å²) in [5, 5.41) is 3.20. The maximum Gasteiger partial charge on any atom is 0.128 e. The van der Waals surface area contributed by atoms with Gasteiger partial charge in [0.1, 0.15) is 11.6 Å². The molecule has 2 aromatic carbocycles. The molecule has 1 N–H and O–H groups in total. The molecule has 112 valence electrons. The molecular formula is C18H21F2N. The second-order valence-electron chi connectivity index (χ2n) is 5.49. The second-order valence-corrected chi connectivity index (χ2v) is 5.49. The summed E-state index contributed by atoms with van der Waals surface area (Å²) in [5.74, 6) is -0.606. The molecule has 2 rings (SSSR count). The predicted molar refractivity (Wildman–Crippen MR) is 82.5 cm³/mol. The van der Waals surface area contributed by atoms with Crippen molar-refractivity contribution in [2.75, 3.05) is 6.54 Å². The van der Waals surface area contributed by atoms with Crippen LogP contribution in [0, 0.1) is 32.4 Å². The monoisotopic (exact) mass is 289 g/mol. The lowest BCUT2D eigenvalue weighted by Gasteiger charge is -2.23. The quantitative estimate of drug-likeness (QED) is 0.868. The van der Waals surface area contributed by atoms with Crippen LogP contribution in [0.3, 0.4) is 0 Å². The van der Waals surface area contributed by atoms with Crippen molar-refractivity contribution in [2.24, 2.45) is 0 Å². The van der Waals surface area contributed by atoms with E-state index in [1.165, 1.54) is 12.1 Å². The van der Waals surface area contributed by atoms with Crippen LogP contribution >= 0.6 is 0 Å². The number of nitrogens with one attached hydrogen (secondary N) is 1. The number of halogens is 2. The predicted octanol–water partition coefficient (Wildman–Crippen LogP) is 4.59. The van der Waals surface area contributed by atoms with E-state index < -0.39 is 6.04 Å². The number of rotatable bonds is 4. The highest BCUT2D eigenvalue weighted by atomic mass is 19.1. The molecule has 0 aromatic heterocycles. The third-order valence-electron chi connectivity index (χ3n) is 3.64. The van der Waals surface area contributed by atoms with Gasteiger partial charge in [0.15, 0.2) is 0 Å². The molecule has 0 aliphatic rings. The molecule has 3 heteroatoms. The Kier molecular flexibility index (Phi) is 4.73. The second kappa shape index (κ2) is 6.35. The van der Waals surface area contributed by atoms with Crippen LogP contribution in [0.15, 0.2) is 30.3 Å². The summed E-state index contributed by atoms with van der Waals surface area (Å²) < 4.78 is 28.6. The van der Waals surface area contributed by atoms with Crippen molar-refractivity contribution in [1.29, 1.82) is 0 Å². The van der Waals surface area contributed by atoms with E-state index in [2.05, 4.69) is 5.32 Å². The highest BCUT2D eigenvalue weighted by Gasteiger charge is 2.22. The van der Waals surface area contributed by atoms with Gasteiger partial charge in [-0.1, -0.05) is 30.7 Å². The zero-order valence-corrected chi connectivity index (χ0v) is 12.9. The van der Waals surface area contributed by atoms with Gasteiger partial charge in [-0.3, -0.25) is 0 Å². The molecule has 0 radical (unpaired) electrons. The number of benzene rings is 2. The smallest absolute Gasteiger partial charge is 0.128 e. The minimum absolute atomic E-state index is 0.292. The summed E-state index contributed by atoms with van der Waals surface area (Å²) >= 11 is 0. The lowest BCUT2D eigenvalue weighted by atomic mass is 9.92. The average molecular weight is 289 g/mol. The number of aryl methyl sites for hydroxylation is 3. The SMILES string of the molecule is CCNC(c1cc(C)ccc1F)c1c(C)cc(C)cc1F. The third-order valence-corrected chi connectivity index (χ3v) is 3.64. The van der Waals surface area contributed by atoms with Gasteiger partial charge in [-0.2, -0.15) is 0 Å². The van der Waals surface area contributed by atoms with Crippen molar-refractivity contribution in [2.45, 2.75) is 33.7 Å². The van der Waals surface area contributed by atoms with E-state index in [1.54, 1.807) is 12.1 Å². The average Bonchev–Trinajstić information content (AvgIpc) is 2.39. The molecule has 1 atom stereocenters. The Morgan fingerprint density at radius 3 is 2.29 bits per heavy atom. The molecule has 0 saturated heterocycles. The first-order chi connectivity index (χ1) is 9.93. The first-order valence-electron chi connectivity index (χ1n) is 7.20. The molecular weight excluding hydrogens is 268 g/mol. The van der Waals surface area contributed by atoms with Crippen molar-refractivity contribution in [3.63, 3.8) is 0 Å². The van der Waals surface area contributed by atoms with Crippen molar-refractivity contribution < 1.29 is 8.78 Å². The fraction of sp³-hybridized carbons (Fsp3) is 0.333. The van der Waals surface area contributed by atoms with Crippen molar-refractivity contribution in [3.8, 4) is 0 Å². The molecule has 1 nitrogen and oxygen atoms in total. The molecule has 0 amide bonds. The number of hydrogen-bond donors (Lipinski definition) is 1. The van der Waals surface area contributed by atoms with Gasteiger partial charge in [0.2, 0.25) is 0 Å². The largest absolute Gasteiger partial charge is 0.306 e. The van der Waals surface area contributed by atoms with E-state index in [-0.39, 0.29) is 11.6 Å². The van der Waals surface area contributed by atoms with E-state index in [1.807, 2.05) is 33.8 Å². The van der Waals surface area contributed by atoms with Gasteiger partial charge < -0.3 is 5.32 Å². The highest BCUT2D eigenvalue weighted by molar-refractivity contribution is 5.41. The summed E-state index contributed by atoms with van der Waals surface area (Å²) in [6.45, 7) is 8.19. The van der Waals surface area contributed by atoms with E-state index >= 15 is 0 Å². The van der Waals surface area contributed by atoms with Crippen LogP contribution in [0.4, 0.5) is 8.78 Å². The van der Waals surface area contributed by atoms with Crippen LogP contribution in [-0.2, 0) is 0 Å². The van der Waals surface area contributed by atoms with Gasteiger partial charge in [0.05, 0.1) is 6.04 Å². The molecule has 0 fully saturated rings. The molecule has 0 aliphatic heterocycles. The lowest BCUT2D eigenvalue weighted by Crippen LogP contribution is -2.25. The minimum atomic E-state index is -0.476. The van der Waals surface area contributed by atoms with Gasteiger partial charge in [-0.15, -0.1) is 0 Å². The Hall–Kier alpha value is -1.74. The maximum atomic E-state index is 14.4. The molecule has 1 unspecified atom stereocenters. The fourth-order valence-electron chi connectivity index (χ4n) is 2.75. The van der Waals surface area contributed by atoms with Crippen LogP contribution < -0.4 is 5.32 Å². The van der Waals surface area contributed by atoms with Gasteiger partial charge >= 0.3 is 0 Å². The van der Waals surface area contributed by atoms with E-state index in [0.29, 0.717) is 17.7 Å². The normalized spacial score (nSPS) is 12.5. The van der Waals surface area contributed by atoms with Gasteiger partial charge in [-0.25, -0.2) is 8.78 Å². The molecule has 21 heavy (non-hydrogen) atoms. The first-order valence-corrected chi connectivity index (χ1v) is 7.20. The van der Waals surface area contributed by atoms with E-state index in [4.69, 9.17) is 0 Å². The maximum absolute atomic E-state index is 14.4. The van der Waals surface area contributed by atoms with Crippen LogP contribution in [-0.4, -0.2) is 6.54 Å². The summed E-state index contributed by atoms with van der Waals surface area (Å²) in [6, 6.07) is 7.89. The Bertz CT molecular complexity index is 627. The Labute approximate surface area is 125 Å². The van der Waals surface area contributed by atoms with Crippen molar-refractivity contribution in [1.82, 2.24) is 5.32 Å². The zero-order valence-electron chi connectivity index (χ0n) is 12.9. The van der Waals surface area contributed by atoms with Gasteiger partial charge in [-0.05, 0) is 50.6 Å². The summed E-state index contributed by atoms with van der Waals surface area (Å²) in [6.07, 6.45) is 0. The van der Waals surface area contributed by atoms with Gasteiger partial charge in [0.25, 0.3) is 0 Å². The summed E-state index contributed by atoms with van der Waals surface area (Å²) in [4.78, 5) is 0. The lowest BCUT2D eigenvalue weighted by molar-refractivity contribution is 0.527. The van der Waals surface area contributed by atoms with Gasteiger partial charge in [0, 0.05) is 11.1 Å². The molecule has 2 aromatic rings. The van der Waals surface area contributed by atoms with Crippen LogP contribution in [0.5, 0.6) is 0 Å². The molecule has 0 bridgehead atoms. The van der Waals surface area contributed by atoms with Crippen molar-refractivity contribution in [3.05, 3.63) is 69.8 Å². The standard InChI is InChI=1S/C18H21F2N/c1-5-21-18(14-9-11(2)6-7-15(14)19)17-13(4)8-12(3)10-16(17)20/h6-10,18,21H,5H2,1-4H3. The van der Waals surface area contributed by atoms with Crippen LogP contribution in [0.25, 0.3) is 0 Å². The molecule has 0 spiro atoms. The van der Waals surface area contributed by atoms with Crippen molar-refractivity contribution >= 4 is 0 Å². The zero-order chi connectivity index (χ0) is 15.6. The fourth-order valence-corrected chi connectivity index (χ4v) is 2.75. The van der Waals surface area contributed by atoms with E-state index in [9.17, 15) is 8.78 Å².